The highest BCUT2D eigenvalue weighted by atomic mass is 19.4. The van der Waals surface area contributed by atoms with Gasteiger partial charge >= 0.3 is 18.5 Å². The van der Waals surface area contributed by atoms with Gasteiger partial charge in [0.05, 0.1) is 29.3 Å². The van der Waals surface area contributed by atoms with E-state index >= 15 is 0 Å². The first kappa shape index (κ1) is 30.6. The average Bonchev–Trinajstić information content (AvgIpc) is 3.54. The number of benzene rings is 2. The summed E-state index contributed by atoms with van der Waals surface area (Å²) in [5.74, 6) is -0.513. The van der Waals surface area contributed by atoms with E-state index in [1.165, 1.54) is 14.0 Å². The Labute approximate surface area is 228 Å². The molecule has 0 amide bonds. The number of nitrogens with zero attached hydrogens (tertiary/aromatic N) is 5. The van der Waals surface area contributed by atoms with Crippen molar-refractivity contribution in [3.63, 3.8) is 0 Å². The Morgan fingerprint density at radius 1 is 0.829 bits per heavy atom. The molecule has 1 atom stereocenters. The van der Waals surface area contributed by atoms with Crippen molar-refractivity contribution in [2.45, 2.75) is 69.8 Å². The van der Waals surface area contributed by atoms with E-state index in [-0.39, 0.29) is 29.1 Å². The van der Waals surface area contributed by atoms with Gasteiger partial charge in [0, 0.05) is 13.1 Å². The van der Waals surface area contributed by atoms with E-state index in [1.54, 1.807) is 0 Å². The van der Waals surface area contributed by atoms with Crippen LogP contribution in [0.1, 0.15) is 66.0 Å². The molecule has 1 saturated carbocycles. The second-order valence-electron chi connectivity index (χ2n) is 10.3. The molecule has 1 fully saturated rings. The molecule has 1 N–H and O–H groups in total. The van der Waals surface area contributed by atoms with Crippen LogP contribution in [0.25, 0.3) is 0 Å². The zero-order valence-corrected chi connectivity index (χ0v) is 21.9. The summed E-state index contributed by atoms with van der Waals surface area (Å²) in [6.07, 6.45) is -12.0. The molecule has 15 heteroatoms. The number of anilines is 1. The maximum absolute atomic E-state index is 13.7. The Balaban J connectivity index is 1.83. The predicted octanol–water partition coefficient (Wildman–Crippen LogP) is 6.87. The van der Waals surface area contributed by atoms with Crippen LogP contribution in [-0.2, 0) is 44.3 Å². The van der Waals surface area contributed by atoms with E-state index in [0.717, 1.165) is 40.7 Å². The summed E-state index contributed by atoms with van der Waals surface area (Å²) in [5.41, 5.74) is -5.99. The van der Waals surface area contributed by atoms with Crippen LogP contribution in [0.3, 0.4) is 0 Å². The molecule has 6 nitrogen and oxygen atoms in total. The van der Waals surface area contributed by atoms with Gasteiger partial charge in [-0.25, -0.2) is 0 Å². The van der Waals surface area contributed by atoms with Gasteiger partial charge in [0.1, 0.15) is 0 Å². The molecule has 0 bridgehead atoms. The molecular weight excluding hydrogens is 569 g/mol. The summed E-state index contributed by atoms with van der Waals surface area (Å²) >= 11 is 0. The van der Waals surface area contributed by atoms with Crippen LogP contribution < -0.4 is 4.90 Å². The third kappa shape index (κ3) is 6.93. The summed E-state index contributed by atoms with van der Waals surface area (Å²) in [7, 11) is 1.36. The fraction of sp³-hybridized carbons (Fsp3) is 0.500. The standard InChI is InChI=1S/C26H26F9N5O/c1-23(41,17-5-3-4-6-17)21-8-7-18(24(27,28)29)11-16(21)14-40(22-36-38-39(2)37-22)13-15-9-19(25(30,31)32)12-20(10-15)26(33,34)35/h7-12,17,41H,3-6,13-14H2,1-2H3. The Morgan fingerprint density at radius 3 is 1.88 bits per heavy atom. The highest BCUT2D eigenvalue weighted by Gasteiger charge is 2.40. The van der Waals surface area contributed by atoms with E-state index in [0.29, 0.717) is 25.0 Å². The summed E-state index contributed by atoms with van der Waals surface area (Å²) in [6.45, 7) is 0.369. The molecule has 0 saturated heterocycles. The Hall–Kier alpha value is -3.36. The third-order valence-electron chi connectivity index (χ3n) is 7.29. The highest BCUT2D eigenvalue weighted by molar-refractivity contribution is 5.43. The normalized spacial score (nSPS) is 16.7. The van der Waals surface area contributed by atoms with Gasteiger partial charge in [-0.1, -0.05) is 24.0 Å². The van der Waals surface area contributed by atoms with E-state index in [9.17, 15) is 44.6 Å². The van der Waals surface area contributed by atoms with Gasteiger partial charge in [-0.2, -0.15) is 44.3 Å². The van der Waals surface area contributed by atoms with Gasteiger partial charge in [0.25, 0.3) is 5.95 Å². The van der Waals surface area contributed by atoms with Crippen molar-refractivity contribution in [3.8, 4) is 0 Å². The predicted molar refractivity (Wildman–Crippen MR) is 128 cm³/mol. The second kappa shape index (κ2) is 10.8. The van der Waals surface area contributed by atoms with Crippen LogP contribution in [0.4, 0.5) is 45.5 Å². The van der Waals surface area contributed by atoms with Crippen LogP contribution in [0.5, 0.6) is 0 Å². The molecule has 1 aromatic heterocycles. The highest BCUT2D eigenvalue weighted by Crippen LogP contribution is 2.43. The number of aromatic nitrogens is 4. The summed E-state index contributed by atoms with van der Waals surface area (Å²) < 4.78 is 122. The maximum Gasteiger partial charge on any atom is 0.416 e. The monoisotopic (exact) mass is 595 g/mol. The van der Waals surface area contributed by atoms with Crippen molar-refractivity contribution in [2.24, 2.45) is 13.0 Å². The molecule has 0 aliphatic heterocycles. The molecule has 1 heterocycles. The molecule has 1 aliphatic carbocycles. The zero-order valence-electron chi connectivity index (χ0n) is 21.9. The molecule has 224 valence electrons. The van der Waals surface area contributed by atoms with Crippen molar-refractivity contribution in [2.75, 3.05) is 4.90 Å². The zero-order chi connectivity index (χ0) is 30.4. The Kier molecular flexibility index (Phi) is 8.06. The first-order chi connectivity index (χ1) is 18.9. The van der Waals surface area contributed by atoms with Gasteiger partial charge in [-0.3, -0.25) is 0 Å². The molecule has 41 heavy (non-hydrogen) atoms. The molecule has 4 rings (SSSR count). The number of rotatable bonds is 7. The number of alkyl halides is 9. The molecule has 3 aromatic rings. The quantitative estimate of drug-likeness (QED) is 0.302. The first-order valence-electron chi connectivity index (χ1n) is 12.6. The molecule has 1 aliphatic rings. The van der Waals surface area contributed by atoms with Crippen molar-refractivity contribution in [1.82, 2.24) is 20.2 Å². The molecular formula is C26H26F9N5O. The van der Waals surface area contributed by atoms with Crippen molar-refractivity contribution < 1.29 is 44.6 Å². The third-order valence-corrected chi connectivity index (χ3v) is 7.29. The SMILES string of the molecule is Cn1nnc(N(Cc2cc(C(F)(F)F)cc(C(F)(F)F)c2)Cc2cc(C(F)(F)F)ccc2C(C)(O)C2CCCC2)n1. The van der Waals surface area contributed by atoms with E-state index in [2.05, 4.69) is 15.4 Å². The molecule has 0 radical (unpaired) electrons. The topological polar surface area (TPSA) is 67.1 Å². The summed E-state index contributed by atoms with van der Waals surface area (Å²) in [4.78, 5) is 2.10. The van der Waals surface area contributed by atoms with Crippen molar-refractivity contribution in [1.29, 1.82) is 0 Å². The molecule has 1 unspecified atom stereocenters. The Morgan fingerprint density at radius 2 is 1.39 bits per heavy atom. The van der Waals surface area contributed by atoms with E-state index in [1.807, 2.05) is 0 Å². The van der Waals surface area contributed by atoms with Gasteiger partial charge in [0.15, 0.2) is 0 Å². The number of aryl methyl sites for hydroxylation is 1. The minimum absolute atomic E-state index is 0.0158. The lowest BCUT2D eigenvalue weighted by atomic mass is 9.79. The minimum Gasteiger partial charge on any atom is -0.385 e. The largest absolute Gasteiger partial charge is 0.416 e. The van der Waals surface area contributed by atoms with Crippen molar-refractivity contribution >= 4 is 5.95 Å². The molecule has 0 spiro atoms. The Bertz CT molecular complexity index is 1340. The maximum atomic E-state index is 13.7. The van der Waals surface area contributed by atoms with Crippen LogP contribution in [0, 0.1) is 5.92 Å². The summed E-state index contributed by atoms with van der Waals surface area (Å²) in [5, 5.41) is 22.9. The van der Waals surface area contributed by atoms with Crippen LogP contribution >= 0.6 is 0 Å². The summed E-state index contributed by atoms with van der Waals surface area (Å²) in [6, 6.07) is 3.84. The van der Waals surface area contributed by atoms with Gasteiger partial charge in [0.2, 0.25) is 0 Å². The lowest BCUT2D eigenvalue weighted by molar-refractivity contribution is -0.143. The lowest BCUT2D eigenvalue weighted by Crippen LogP contribution is -2.33. The van der Waals surface area contributed by atoms with E-state index in [4.69, 9.17) is 0 Å². The van der Waals surface area contributed by atoms with Crippen LogP contribution in [0.2, 0.25) is 0 Å². The first-order valence-corrected chi connectivity index (χ1v) is 12.6. The number of hydrogen-bond acceptors (Lipinski definition) is 5. The number of aliphatic hydroxyl groups is 1. The number of hydrogen-bond donors (Lipinski definition) is 1. The fourth-order valence-electron chi connectivity index (χ4n) is 5.24. The second-order valence-corrected chi connectivity index (χ2v) is 10.3. The molecule has 2 aromatic carbocycles. The average molecular weight is 596 g/mol. The van der Waals surface area contributed by atoms with Crippen LogP contribution in [-0.4, -0.2) is 25.3 Å². The van der Waals surface area contributed by atoms with Gasteiger partial charge in [-0.05, 0) is 77.9 Å². The van der Waals surface area contributed by atoms with Gasteiger partial charge < -0.3 is 10.0 Å². The van der Waals surface area contributed by atoms with E-state index < -0.39 is 59.5 Å². The lowest BCUT2D eigenvalue weighted by Gasteiger charge is -2.34. The van der Waals surface area contributed by atoms with Gasteiger partial charge in [-0.15, -0.1) is 5.10 Å². The fourth-order valence-corrected chi connectivity index (χ4v) is 5.24. The number of tetrazole rings is 1. The minimum atomic E-state index is -5.10. The smallest absolute Gasteiger partial charge is 0.385 e. The van der Waals surface area contributed by atoms with Crippen molar-refractivity contribution in [3.05, 3.63) is 69.8 Å². The van der Waals surface area contributed by atoms with Crippen LogP contribution in [0.15, 0.2) is 36.4 Å². The number of halogens is 9.